The van der Waals surface area contributed by atoms with Gasteiger partial charge in [0.1, 0.15) is 0 Å². The summed E-state index contributed by atoms with van der Waals surface area (Å²) in [4.78, 5) is 0. The standard InChI is InChI=1S/C10H11N/c11-10-7-3-5-8-4-1-2-6-9(8)10/h3-7H,1-2,11H2. The number of benzene rings is 1. The third kappa shape index (κ3) is 1.03. The van der Waals surface area contributed by atoms with Crippen LogP contribution in [0.25, 0.3) is 12.2 Å². The summed E-state index contributed by atoms with van der Waals surface area (Å²) in [5.74, 6) is 0. The Balaban J connectivity index is 2.88. The van der Waals surface area contributed by atoms with Gasteiger partial charge >= 0.3 is 0 Å². The van der Waals surface area contributed by atoms with Crippen molar-refractivity contribution in [1.29, 1.82) is 0 Å². The lowest BCUT2D eigenvalue weighted by atomic mass is 10.1. The monoisotopic (exact) mass is 145 g/mol. The molecule has 0 fully saturated rings. The second-order valence-corrected chi connectivity index (χ2v) is 2.84. The molecule has 1 aliphatic rings. The molecule has 0 saturated heterocycles. The molecular weight excluding hydrogens is 134 g/mol. The van der Waals surface area contributed by atoms with Crippen LogP contribution in [0.5, 0.6) is 0 Å². The zero-order valence-corrected chi connectivity index (χ0v) is 6.38. The van der Waals surface area contributed by atoms with Gasteiger partial charge in [-0.25, -0.2) is 0 Å². The Morgan fingerprint density at radius 1 is 1.09 bits per heavy atom. The van der Waals surface area contributed by atoms with Gasteiger partial charge in [0.2, 0.25) is 0 Å². The van der Waals surface area contributed by atoms with Gasteiger partial charge in [0.15, 0.2) is 0 Å². The van der Waals surface area contributed by atoms with Crippen LogP contribution < -0.4 is 16.2 Å². The summed E-state index contributed by atoms with van der Waals surface area (Å²) < 4.78 is 0. The summed E-state index contributed by atoms with van der Waals surface area (Å²) >= 11 is 0. The number of hydrogen-bond donors (Lipinski definition) is 1. The van der Waals surface area contributed by atoms with Crippen molar-refractivity contribution < 1.29 is 0 Å². The minimum atomic E-state index is 0.901. The maximum Gasteiger partial charge on any atom is 0.0390 e. The van der Waals surface area contributed by atoms with Crippen LogP contribution in [0.4, 0.5) is 5.69 Å². The van der Waals surface area contributed by atoms with Gasteiger partial charge in [-0.15, -0.1) is 0 Å². The highest BCUT2D eigenvalue weighted by atomic mass is 14.5. The quantitative estimate of drug-likeness (QED) is 0.532. The molecule has 1 nitrogen and oxygen atoms in total. The fraction of sp³-hybridized carbons (Fsp3) is 0.200. The van der Waals surface area contributed by atoms with Crippen LogP contribution in [0, 0.1) is 0 Å². The Morgan fingerprint density at radius 3 is 2.73 bits per heavy atom. The van der Waals surface area contributed by atoms with E-state index in [4.69, 9.17) is 5.73 Å². The van der Waals surface area contributed by atoms with E-state index in [1.807, 2.05) is 12.1 Å². The fourth-order valence-electron chi connectivity index (χ4n) is 1.48. The van der Waals surface area contributed by atoms with Crippen molar-refractivity contribution >= 4 is 17.8 Å². The molecular formula is C10H11N. The number of nitrogen functional groups attached to an aromatic ring is 1. The third-order valence-corrected chi connectivity index (χ3v) is 2.05. The van der Waals surface area contributed by atoms with Crippen molar-refractivity contribution in [3.05, 3.63) is 28.6 Å². The van der Waals surface area contributed by atoms with Crippen molar-refractivity contribution in [1.82, 2.24) is 0 Å². The highest BCUT2D eigenvalue weighted by molar-refractivity contribution is 5.50. The molecule has 0 unspecified atom stereocenters. The van der Waals surface area contributed by atoms with E-state index >= 15 is 0 Å². The molecule has 0 atom stereocenters. The zero-order valence-electron chi connectivity index (χ0n) is 6.38. The highest BCUT2D eigenvalue weighted by Crippen LogP contribution is 1.97. The molecule has 1 aromatic rings. The fourth-order valence-corrected chi connectivity index (χ4v) is 1.48. The molecule has 11 heavy (non-hydrogen) atoms. The van der Waals surface area contributed by atoms with Gasteiger partial charge in [-0.1, -0.05) is 24.3 Å². The number of hydrogen-bond acceptors (Lipinski definition) is 1. The van der Waals surface area contributed by atoms with Gasteiger partial charge in [0.25, 0.3) is 0 Å². The molecule has 56 valence electrons. The zero-order chi connectivity index (χ0) is 7.68. The summed E-state index contributed by atoms with van der Waals surface area (Å²) in [6.07, 6.45) is 6.73. The van der Waals surface area contributed by atoms with Crippen LogP contribution >= 0.6 is 0 Å². The van der Waals surface area contributed by atoms with E-state index in [1.165, 1.54) is 10.4 Å². The summed E-state index contributed by atoms with van der Waals surface area (Å²) in [6, 6.07) is 6.07. The van der Waals surface area contributed by atoms with Crippen molar-refractivity contribution in [2.75, 3.05) is 5.73 Å². The first kappa shape index (κ1) is 6.47. The van der Waals surface area contributed by atoms with Crippen LogP contribution in [0.1, 0.15) is 12.8 Å². The van der Waals surface area contributed by atoms with Crippen molar-refractivity contribution in [3.8, 4) is 0 Å². The molecule has 0 heterocycles. The normalized spacial score (nSPS) is 14.5. The minimum Gasteiger partial charge on any atom is -0.398 e. The molecule has 0 aromatic heterocycles. The second-order valence-electron chi connectivity index (χ2n) is 2.84. The Kier molecular flexibility index (Phi) is 1.42. The Labute approximate surface area is 65.8 Å². The highest BCUT2D eigenvalue weighted by Gasteiger charge is 1.94. The molecule has 0 saturated carbocycles. The summed E-state index contributed by atoms with van der Waals surface area (Å²) in [5.41, 5.74) is 6.69. The van der Waals surface area contributed by atoms with Crippen molar-refractivity contribution in [2.24, 2.45) is 0 Å². The van der Waals surface area contributed by atoms with Crippen molar-refractivity contribution in [2.45, 2.75) is 12.8 Å². The predicted molar refractivity (Wildman–Crippen MR) is 48.3 cm³/mol. The van der Waals surface area contributed by atoms with Gasteiger partial charge in [0, 0.05) is 10.9 Å². The van der Waals surface area contributed by atoms with Crippen molar-refractivity contribution in [3.63, 3.8) is 0 Å². The number of rotatable bonds is 0. The second kappa shape index (κ2) is 2.42. The molecule has 1 heteroatoms. The van der Waals surface area contributed by atoms with E-state index in [2.05, 4.69) is 18.2 Å². The number of fused-ring (bicyclic) bond motifs is 1. The van der Waals surface area contributed by atoms with Crippen LogP contribution in [0.3, 0.4) is 0 Å². The molecule has 1 aliphatic carbocycles. The predicted octanol–water partition coefficient (Wildman–Crippen LogP) is 0.624. The molecule has 0 bridgehead atoms. The smallest absolute Gasteiger partial charge is 0.0390 e. The first-order valence-electron chi connectivity index (χ1n) is 3.93. The summed E-state index contributed by atoms with van der Waals surface area (Å²) in [5, 5.41) is 2.51. The Bertz CT molecular complexity index is 376. The SMILES string of the molecule is Nc1cccc2c1=CCCC=2. The molecule has 1 aromatic carbocycles. The first-order chi connectivity index (χ1) is 5.38. The van der Waals surface area contributed by atoms with E-state index in [9.17, 15) is 0 Å². The van der Waals surface area contributed by atoms with Crippen LogP contribution in [-0.4, -0.2) is 0 Å². The molecule has 0 radical (unpaired) electrons. The van der Waals surface area contributed by atoms with Crippen LogP contribution in [-0.2, 0) is 0 Å². The van der Waals surface area contributed by atoms with E-state index < -0.39 is 0 Å². The Hall–Kier alpha value is -1.24. The maximum absolute atomic E-state index is 5.79. The summed E-state index contributed by atoms with van der Waals surface area (Å²) in [6.45, 7) is 0. The van der Waals surface area contributed by atoms with Crippen LogP contribution in [0.15, 0.2) is 18.2 Å². The van der Waals surface area contributed by atoms with Gasteiger partial charge < -0.3 is 5.73 Å². The lowest BCUT2D eigenvalue weighted by Crippen LogP contribution is -2.28. The van der Waals surface area contributed by atoms with Gasteiger partial charge in [-0.3, -0.25) is 0 Å². The maximum atomic E-state index is 5.79. The van der Waals surface area contributed by atoms with Gasteiger partial charge in [0.05, 0.1) is 0 Å². The van der Waals surface area contributed by atoms with Gasteiger partial charge in [-0.05, 0) is 24.1 Å². The van der Waals surface area contributed by atoms with Gasteiger partial charge in [-0.2, -0.15) is 0 Å². The average molecular weight is 145 g/mol. The molecule has 0 amide bonds. The largest absolute Gasteiger partial charge is 0.398 e. The van der Waals surface area contributed by atoms with E-state index in [0.717, 1.165) is 18.5 Å². The molecule has 0 spiro atoms. The number of nitrogens with two attached hydrogens (primary N) is 1. The summed E-state index contributed by atoms with van der Waals surface area (Å²) in [7, 11) is 0. The third-order valence-electron chi connectivity index (χ3n) is 2.05. The molecule has 2 rings (SSSR count). The van der Waals surface area contributed by atoms with E-state index in [0.29, 0.717) is 0 Å². The average Bonchev–Trinajstić information content (AvgIpc) is 2.06. The first-order valence-corrected chi connectivity index (χ1v) is 3.93. The minimum absolute atomic E-state index is 0.901. The lowest BCUT2D eigenvalue weighted by molar-refractivity contribution is 1.12. The molecule has 0 aliphatic heterocycles. The molecule has 2 N–H and O–H groups in total. The van der Waals surface area contributed by atoms with Crippen LogP contribution in [0.2, 0.25) is 0 Å². The lowest BCUT2D eigenvalue weighted by Gasteiger charge is -2.01. The Morgan fingerprint density at radius 2 is 1.91 bits per heavy atom. The van der Waals surface area contributed by atoms with E-state index in [-0.39, 0.29) is 0 Å². The van der Waals surface area contributed by atoms with E-state index in [1.54, 1.807) is 0 Å². The number of anilines is 1. The topological polar surface area (TPSA) is 26.0 Å².